The van der Waals surface area contributed by atoms with Crippen molar-refractivity contribution in [3.05, 3.63) is 41.3 Å². The molecule has 2 rings (SSSR count). The first-order valence-corrected chi connectivity index (χ1v) is 5.50. The molecule has 0 saturated carbocycles. The molecule has 0 atom stereocenters. The maximum absolute atomic E-state index is 6.10. The summed E-state index contributed by atoms with van der Waals surface area (Å²) in [7, 11) is 0. The van der Waals surface area contributed by atoms with Crippen molar-refractivity contribution in [3.63, 3.8) is 0 Å². The molecule has 4 heteroatoms. The molecule has 0 aliphatic heterocycles. The molecule has 0 saturated heterocycles. The van der Waals surface area contributed by atoms with Gasteiger partial charge < -0.3 is 0 Å². The van der Waals surface area contributed by atoms with E-state index in [2.05, 4.69) is 28.8 Å². The van der Waals surface area contributed by atoms with Gasteiger partial charge in [0.15, 0.2) is 5.82 Å². The van der Waals surface area contributed by atoms with Crippen LogP contribution in [0.3, 0.4) is 0 Å². The molecule has 2 heterocycles. The van der Waals surface area contributed by atoms with Crippen molar-refractivity contribution in [2.75, 3.05) is 0 Å². The van der Waals surface area contributed by atoms with Crippen molar-refractivity contribution in [2.45, 2.75) is 19.8 Å². The van der Waals surface area contributed by atoms with Gasteiger partial charge in [0.1, 0.15) is 10.8 Å². The maximum atomic E-state index is 6.10. The summed E-state index contributed by atoms with van der Waals surface area (Å²) in [5, 5.41) is 0.505. The molecule has 0 aromatic carbocycles. The summed E-state index contributed by atoms with van der Waals surface area (Å²) in [6, 6.07) is 5.62. The SMILES string of the molecule is CC(C)c1cnc(-c2ccccn2)nc1Cl. The molecule has 3 nitrogen and oxygen atoms in total. The number of aromatic nitrogens is 3. The number of pyridine rings is 1. The molecule has 0 aliphatic rings. The van der Waals surface area contributed by atoms with Gasteiger partial charge in [0.2, 0.25) is 0 Å². The topological polar surface area (TPSA) is 38.7 Å². The molecule has 0 N–H and O–H groups in total. The van der Waals surface area contributed by atoms with Crippen LogP contribution in [0.15, 0.2) is 30.6 Å². The van der Waals surface area contributed by atoms with Crippen LogP contribution in [0.25, 0.3) is 11.5 Å². The summed E-state index contributed by atoms with van der Waals surface area (Å²) in [5.41, 5.74) is 1.70. The lowest BCUT2D eigenvalue weighted by Gasteiger charge is -2.07. The van der Waals surface area contributed by atoms with Crippen molar-refractivity contribution in [2.24, 2.45) is 0 Å². The standard InChI is InChI=1S/C12H12ClN3/c1-8(2)9-7-15-12(16-11(9)13)10-5-3-4-6-14-10/h3-8H,1-2H3. The van der Waals surface area contributed by atoms with Gasteiger partial charge in [0.25, 0.3) is 0 Å². The average molecular weight is 234 g/mol. The smallest absolute Gasteiger partial charge is 0.179 e. The van der Waals surface area contributed by atoms with Gasteiger partial charge in [-0.2, -0.15) is 0 Å². The minimum absolute atomic E-state index is 0.324. The Morgan fingerprint density at radius 2 is 2.00 bits per heavy atom. The Balaban J connectivity index is 2.43. The molecule has 0 unspecified atom stereocenters. The lowest BCUT2D eigenvalue weighted by atomic mass is 10.1. The highest BCUT2D eigenvalue weighted by Crippen LogP contribution is 2.23. The maximum Gasteiger partial charge on any atom is 0.179 e. The average Bonchev–Trinajstić information content (AvgIpc) is 2.29. The van der Waals surface area contributed by atoms with Crippen LogP contribution in [0.5, 0.6) is 0 Å². The van der Waals surface area contributed by atoms with Gasteiger partial charge in [-0.15, -0.1) is 0 Å². The predicted molar refractivity (Wildman–Crippen MR) is 64.4 cm³/mol. The summed E-state index contributed by atoms with van der Waals surface area (Å²) in [5.74, 6) is 0.889. The van der Waals surface area contributed by atoms with E-state index >= 15 is 0 Å². The van der Waals surface area contributed by atoms with Crippen molar-refractivity contribution >= 4 is 11.6 Å². The fraction of sp³-hybridized carbons (Fsp3) is 0.250. The van der Waals surface area contributed by atoms with Crippen molar-refractivity contribution in [3.8, 4) is 11.5 Å². The van der Waals surface area contributed by atoms with Crippen LogP contribution in [0, 0.1) is 0 Å². The molecule has 0 aliphatic carbocycles. The van der Waals surface area contributed by atoms with E-state index in [0.29, 0.717) is 16.9 Å². The zero-order valence-corrected chi connectivity index (χ0v) is 9.94. The summed E-state index contributed by atoms with van der Waals surface area (Å²) >= 11 is 6.10. The van der Waals surface area contributed by atoms with Crippen LogP contribution >= 0.6 is 11.6 Å². The highest BCUT2D eigenvalue weighted by molar-refractivity contribution is 6.30. The summed E-state index contributed by atoms with van der Waals surface area (Å²) < 4.78 is 0. The zero-order chi connectivity index (χ0) is 11.5. The number of hydrogen-bond donors (Lipinski definition) is 0. The van der Waals surface area contributed by atoms with Crippen LogP contribution in [0.4, 0.5) is 0 Å². The van der Waals surface area contributed by atoms with Crippen molar-refractivity contribution < 1.29 is 0 Å². The summed E-state index contributed by atoms with van der Waals surface area (Å²) in [6.07, 6.45) is 3.48. The number of nitrogens with zero attached hydrogens (tertiary/aromatic N) is 3. The van der Waals surface area contributed by atoms with Crippen LogP contribution < -0.4 is 0 Å². The number of rotatable bonds is 2. The molecule has 0 fully saturated rings. The second-order valence-electron chi connectivity index (χ2n) is 3.81. The minimum atomic E-state index is 0.324. The monoisotopic (exact) mass is 233 g/mol. The minimum Gasteiger partial charge on any atom is -0.253 e. The molecule has 16 heavy (non-hydrogen) atoms. The van der Waals surface area contributed by atoms with Crippen LogP contribution in [0.1, 0.15) is 25.3 Å². The van der Waals surface area contributed by atoms with E-state index in [4.69, 9.17) is 11.6 Å². The van der Waals surface area contributed by atoms with Gasteiger partial charge in [-0.05, 0) is 18.1 Å². The number of halogens is 1. The first-order valence-electron chi connectivity index (χ1n) is 5.12. The highest BCUT2D eigenvalue weighted by Gasteiger charge is 2.09. The Morgan fingerprint density at radius 3 is 2.56 bits per heavy atom. The number of hydrogen-bond acceptors (Lipinski definition) is 3. The Bertz CT molecular complexity index is 483. The molecular weight excluding hydrogens is 222 g/mol. The van der Waals surface area contributed by atoms with Gasteiger partial charge in [0, 0.05) is 18.0 Å². The Labute approximate surface area is 99.5 Å². The van der Waals surface area contributed by atoms with E-state index in [1.54, 1.807) is 12.4 Å². The molecular formula is C12H12ClN3. The molecule has 0 radical (unpaired) electrons. The Morgan fingerprint density at radius 1 is 1.19 bits per heavy atom. The van der Waals surface area contributed by atoms with Gasteiger partial charge in [-0.1, -0.05) is 31.5 Å². The molecule has 2 aromatic rings. The van der Waals surface area contributed by atoms with Gasteiger partial charge >= 0.3 is 0 Å². The fourth-order valence-electron chi connectivity index (χ4n) is 1.38. The predicted octanol–water partition coefficient (Wildman–Crippen LogP) is 3.32. The molecule has 0 amide bonds. The lowest BCUT2D eigenvalue weighted by molar-refractivity contribution is 0.847. The van der Waals surface area contributed by atoms with E-state index in [1.807, 2.05) is 18.2 Å². The highest BCUT2D eigenvalue weighted by atomic mass is 35.5. The quantitative estimate of drug-likeness (QED) is 0.747. The third kappa shape index (κ3) is 2.19. The second kappa shape index (κ2) is 4.58. The largest absolute Gasteiger partial charge is 0.253 e. The summed E-state index contributed by atoms with van der Waals surface area (Å²) in [6.45, 7) is 4.12. The van der Waals surface area contributed by atoms with Crippen LogP contribution in [-0.4, -0.2) is 15.0 Å². The Hall–Kier alpha value is -1.48. The summed E-state index contributed by atoms with van der Waals surface area (Å²) in [4.78, 5) is 12.7. The Kier molecular flexibility index (Phi) is 3.15. The van der Waals surface area contributed by atoms with E-state index in [-0.39, 0.29) is 0 Å². The molecule has 82 valence electrons. The third-order valence-corrected chi connectivity index (χ3v) is 2.59. The first-order chi connectivity index (χ1) is 7.68. The van der Waals surface area contributed by atoms with E-state index < -0.39 is 0 Å². The molecule has 0 spiro atoms. The van der Waals surface area contributed by atoms with E-state index in [0.717, 1.165) is 11.3 Å². The fourth-order valence-corrected chi connectivity index (χ4v) is 1.72. The second-order valence-corrected chi connectivity index (χ2v) is 4.17. The van der Waals surface area contributed by atoms with Crippen molar-refractivity contribution in [1.29, 1.82) is 0 Å². The molecule has 2 aromatic heterocycles. The molecule has 0 bridgehead atoms. The van der Waals surface area contributed by atoms with Crippen LogP contribution in [0.2, 0.25) is 5.15 Å². The van der Waals surface area contributed by atoms with E-state index in [1.165, 1.54) is 0 Å². The first kappa shape index (κ1) is 11.0. The van der Waals surface area contributed by atoms with Gasteiger partial charge in [0.05, 0.1) is 0 Å². The van der Waals surface area contributed by atoms with Gasteiger partial charge in [-0.3, -0.25) is 4.98 Å². The van der Waals surface area contributed by atoms with E-state index in [9.17, 15) is 0 Å². The van der Waals surface area contributed by atoms with Crippen molar-refractivity contribution in [1.82, 2.24) is 15.0 Å². The normalized spacial score (nSPS) is 10.8. The lowest BCUT2D eigenvalue weighted by Crippen LogP contribution is -1.97. The third-order valence-electron chi connectivity index (χ3n) is 2.28. The van der Waals surface area contributed by atoms with Crippen LogP contribution in [-0.2, 0) is 0 Å². The zero-order valence-electron chi connectivity index (χ0n) is 9.18. The van der Waals surface area contributed by atoms with Gasteiger partial charge in [-0.25, -0.2) is 9.97 Å².